The number of hydrogen-bond acceptors (Lipinski definition) is 4. The van der Waals surface area contributed by atoms with Gasteiger partial charge in [-0.2, -0.15) is 0 Å². The van der Waals surface area contributed by atoms with Crippen LogP contribution >= 0.6 is 0 Å². The van der Waals surface area contributed by atoms with E-state index in [9.17, 15) is 14.7 Å². The molecule has 4 rings (SSSR count). The number of rotatable bonds is 7. The smallest absolute Gasteiger partial charge is 0.254 e. The van der Waals surface area contributed by atoms with Crippen LogP contribution in [0.4, 0.5) is 0 Å². The number of nitrogens with zero attached hydrogens (tertiary/aromatic N) is 1. The highest BCUT2D eigenvalue weighted by molar-refractivity contribution is 6.02. The Morgan fingerprint density at radius 3 is 2.53 bits per heavy atom. The first-order valence-electron chi connectivity index (χ1n) is 11.5. The first-order valence-corrected chi connectivity index (χ1v) is 11.5. The van der Waals surface area contributed by atoms with E-state index in [1.165, 1.54) is 0 Å². The molecule has 2 amide bonds. The number of aliphatic hydroxyl groups is 1. The normalized spacial score (nSPS) is 20.6. The Labute approximate surface area is 189 Å². The lowest BCUT2D eigenvalue weighted by molar-refractivity contribution is -0.128. The molecule has 32 heavy (non-hydrogen) atoms. The van der Waals surface area contributed by atoms with E-state index in [1.807, 2.05) is 59.5 Å². The minimum atomic E-state index is -0.785. The lowest BCUT2D eigenvalue weighted by atomic mass is 9.65. The van der Waals surface area contributed by atoms with Gasteiger partial charge in [0.25, 0.3) is 5.91 Å². The molecule has 0 radical (unpaired) electrons. The Bertz CT molecular complexity index is 940. The van der Waals surface area contributed by atoms with Crippen LogP contribution in [0.2, 0.25) is 0 Å². The number of aliphatic hydroxyl groups excluding tert-OH is 1. The van der Waals surface area contributed by atoms with Crippen molar-refractivity contribution in [2.45, 2.75) is 49.7 Å². The second kappa shape index (κ2) is 9.84. The molecule has 6 heteroatoms. The number of carbonyl (C=O) groups is 2. The van der Waals surface area contributed by atoms with Crippen LogP contribution in [-0.4, -0.2) is 54.2 Å². The number of methoxy groups -OCH3 is 1. The standard InChI is InChI=1S/C26H32N2O4/c1-32-17-16-28-25(31)21-13-7-6-12-20(21)23(26(28)14-8-3-9-15-26)24(30)27-18-22(29)19-10-4-2-5-11-19/h2,4-7,10-13,22-23,29H,3,8-9,14-18H2,1H3,(H,27,30)/t22-,23+/m1/s1. The lowest BCUT2D eigenvalue weighted by Crippen LogP contribution is -2.63. The minimum absolute atomic E-state index is 0.0204. The molecule has 2 aromatic carbocycles. The summed E-state index contributed by atoms with van der Waals surface area (Å²) in [7, 11) is 1.63. The van der Waals surface area contributed by atoms with Gasteiger partial charge in [-0.15, -0.1) is 0 Å². The third-order valence-corrected chi connectivity index (χ3v) is 6.98. The van der Waals surface area contributed by atoms with E-state index >= 15 is 0 Å². The molecular formula is C26H32N2O4. The average molecular weight is 437 g/mol. The van der Waals surface area contributed by atoms with Crippen LogP contribution in [-0.2, 0) is 9.53 Å². The molecule has 1 saturated carbocycles. The summed E-state index contributed by atoms with van der Waals surface area (Å²) in [6, 6.07) is 16.8. The lowest BCUT2D eigenvalue weighted by Gasteiger charge is -2.53. The molecule has 2 N–H and O–H groups in total. The highest BCUT2D eigenvalue weighted by Gasteiger charge is 2.54. The van der Waals surface area contributed by atoms with Crippen LogP contribution in [0.15, 0.2) is 54.6 Å². The zero-order valence-corrected chi connectivity index (χ0v) is 18.6. The van der Waals surface area contributed by atoms with Crippen molar-refractivity contribution in [3.05, 3.63) is 71.3 Å². The second-order valence-electron chi connectivity index (χ2n) is 8.81. The summed E-state index contributed by atoms with van der Waals surface area (Å²) in [5.74, 6) is -0.631. The molecule has 1 spiro atoms. The van der Waals surface area contributed by atoms with Crippen molar-refractivity contribution in [1.29, 1.82) is 0 Å². The summed E-state index contributed by atoms with van der Waals surface area (Å²) in [6.07, 6.45) is 3.86. The Kier molecular flexibility index (Phi) is 6.92. The number of amides is 2. The third-order valence-electron chi connectivity index (χ3n) is 6.98. The fourth-order valence-electron chi connectivity index (χ4n) is 5.44. The van der Waals surface area contributed by atoms with Gasteiger partial charge in [0.1, 0.15) is 0 Å². The number of hydrogen-bond donors (Lipinski definition) is 2. The summed E-state index contributed by atoms with van der Waals surface area (Å²) < 4.78 is 5.31. The van der Waals surface area contributed by atoms with Crippen molar-refractivity contribution in [1.82, 2.24) is 10.2 Å². The van der Waals surface area contributed by atoms with Crippen LogP contribution in [0.3, 0.4) is 0 Å². The number of nitrogens with one attached hydrogen (secondary N) is 1. The van der Waals surface area contributed by atoms with Gasteiger partial charge in [0.15, 0.2) is 0 Å². The van der Waals surface area contributed by atoms with Crippen molar-refractivity contribution >= 4 is 11.8 Å². The van der Waals surface area contributed by atoms with Crippen LogP contribution in [0.5, 0.6) is 0 Å². The molecular weight excluding hydrogens is 404 g/mol. The largest absolute Gasteiger partial charge is 0.387 e. The molecule has 2 aliphatic rings. The summed E-state index contributed by atoms with van der Waals surface area (Å²) in [4.78, 5) is 29.1. The Morgan fingerprint density at radius 2 is 1.81 bits per heavy atom. The van der Waals surface area contributed by atoms with E-state index in [2.05, 4.69) is 5.32 Å². The van der Waals surface area contributed by atoms with Crippen molar-refractivity contribution in [3.63, 3.8) is 0 Å². The Hall–Kier alpha value is -2.70. The van der Waals surface area contributed by atoms with Gasteiger partial charge in [-0.05, 0) is 30.0 Å². The number of benzene rings is 2. The van der Waals surface area contributed by atoms with Crippen LogP contribution in [0, 0.1) is 0 Å². The summed E-state index contributed by atoms with van der Waals surface area (Å²) in [5, 5.41) is 13.6. The van der Waals surface area contributed by atoms with Gasteiger partial charge in [0.05, 0.1) is 24.2 Å². The molecule has 0 aromatic heterocycles. The molecule has 0 bridgehead atoms. The number of fused-ring (bicyclic) bond motifs is 1. The number of carbonyl (C=O) groups excluding carboxylic acids is 2. The fraction of sp³-hybridized carbons (Fsp3) is 0.462. The molecule has 6 nitrogen and oxygen atoms in total. The molecule has 1 aliphatic carbocycles. The average Bonchev–Trinajstić information content (AvgIpc) is 2.83. The van der Waals surface area contributed by atoms with E-state index < -0.39 is 17.6 Å². The van der Waals surface area contributed by atoms with E-state index in [0.29, 0.717) is 18.7 Å². The minimum Gasteiger partial charge on any atom is -0.387 e. The Balaban J connectivity index is 1.67. The van der Waals surface area contributed by atoms with Crippen molar-refractivity contribution in [3.8, 4) is 0 Å². The quantitative estimate of drug-likeness (QED) is 0.697. The predicted molar refractivity (Wildman–Crippen MR) is 122 cm³/mol. The van der Waals surface area contributed by atoms with Crippen molar-refractivity contribution in [2.24, 2.45) is 0 Å². The van der Waals surface area contributed by atoms with E-state index in [4.69, 9.17) is 4.74 Å². The molecule has 0 unspecified atom stereocenters. The van der Waals surface area contributed by atoms with E-state index in [1.54, 1.807) is 7.11 Å². The van der Waals surface area contributed by atoms with Gasteiger partial charge in [-0.25, -0.2) is 0 Å². The van der Waals surface area contributed by atoms with Gasteiger partial charge >= 0.3 is 0 Å². The third kappa shape index (κ3) is 4.17. The second-order valence-corrected chi connectivity index (χ2v) is 8.81. The fourth-order valence-corrected chi connectivity index (χ4v) is 5.44. The maximum atomic E-state index is 13.7. The topological polar surface area (TPSA) is 78.9 Å². The zero-order chi connectivity index (χ0) is 22.6. The maximum Gasteiger partial charge on any atom is 0.254 e. The van der Waals surface area contributed by atoms with E-state index in [-0.39, 0.29) is 18.4 Å². The van der Waals surface area contributed by atoms with Gasteiger partial charge in [0.2, 0.25) is 5.91 Å². The SMILES string of the molecule is COCCN1C(=O)c2ccccc2[C@@H](C(=O)NC[C@@H](O)c2ccccc2)C12CCCCC2. The molecule has 1 heterocycles. The molecule has 2 aromatic rings. The predicted octanol–water partition coefficient (Wildman–Crippen LogP) is 3.43. The zero-order valence-electron chi connectivity index (χ0n) is 18.6. The molecule has 0 saturated heterocycles. The monoisotopic (exact) mass is 436 g/mol. The van der Waals surface area contributed by atoms with Crippen LogP contribution < -0.4 is 5.32 Å². The highest BCUT2D eigenvalue weighted by atomic mass is 16.5. The van der Waals surface area contributed by atoms with Gasteiger partial charge in [0, 0.05) is 25.8 Å². The van der Waals surface area contributed by atoms with Gasteiger partial charge in [-0.1, -0.05) is 67.8 Å². The first-order chi connectivity index (χ1) is 15.6. The molecule has 2 atom stereocenters. The molecule has 1 fully saturated rings. The van der Waals surface area contributed by atoms with E-state index in [0.717, 1.165) is 43.2 Å². The molecule has 170 valence electrons. The Morgan fingerprint density at radius 1 is 1.12 bits per heavy atom. The van der Waals surface area contributed by atoms with Crippen molar-refractivity contribution in [2.75, 3.05) is 26.8 Å². The highest BCUT2D eigenvalue weighted by Crippen LogP contribution is 2.49. The summed E-state index contributed by atoms with van der Waals surface area (Å²) in [6.45, 7) is 1.01. The van der Waals surface area contributed by atoms with Crippen LogP contribution in [0.25, 0.3) is 0 Å². The van der Waals surface area contributed by atoms with Crippen molar-refractivity contribution < 1.29 is 19.4 Å². The first kappa shape index (κ1) is 22.5. The maximum absolute atomic E-state index is 13.7. The van der Waals surface area contributed by atoms with Gasteiger partial charge in [-0.3, -0.25) is 9.59 Å². The van der Waals surface area contributed by atoms with Gasteiger partial charge < -0.3 is 20.1 Å². The summed E-state index contributed by atoms with van der Waals surface area (Å²) >= 11 is 0. The molecule has 1 aliphatic heterocycles. The van der Waals surface area contributed by atoms with Crippen LogP contribution in [0.1, 0.15) is 65.6 Å². The number of ether oxygens (including phenoxy) is 1. The summed E-state index contributed by atoms with van der Waals surface area (Å²) in [5.41, 5.74) is 1.58.